The van der Waals surface area contributed by atoms with Gasteiger partial charge in [-0.15, -0.1) is 0 Å². The Balaban J connectivity index is 2.53. The molecule has 8 nitrogen and oxygen atoms in total. The van der Waals surface area contributed by atoms with Crippen LogP contribution in [-0.4, -0.2) is 44.2 Å². The first kappa shape index (κ1) is 18.5. The zero-order valence-electron chi connectivity index (χ0n) is 12.4. The second kappa shape index (κ2) is 8.79. The Labute approximate surface area is 129 Å². The van der Waals surface area contributed by atoms with Crippen molar-refractivity contribution in [3.63, 3.8) is 0 Å². The van der Waals surface area contributed by atoms with Crippen molar-refractivity contribution in [2.24, 2.45) is 0 Å². The van der Waals surface area contributed by atoms with Crippen LogP contribution in [0.5, 0.6) is 0 Å². The van der Waals surface area contributed by atoms with Crippen molar-refractivity contribution in [1.82, 2.24) is 10.0 Å². The van der Waals surface area contributed by atoms with E-state index in [1.807, 2.05) is 0 Å². The highest BCUT2D eigenvalue weighted by atomic mass is 32.2. The summed E-state index contributed by atoms with van der Waals surface area (Å²) in [6.45, 7) is 3.02. The minimum Gasteiger partial charge on any atom is -0.396 e. The van der Waals surface area contributed by atoms with Gasteiger partial charge >= 0.3 is 0 Å². The number of aliphatic hydroxyl groups is 1. The molecule has 0 heterocycles. The molecule has 1 aromatic carbocycles. The number of aliphatic hydroxyl groups excluding tert-OH is 1. The number of nitrogens with zero attached hydrogens (tertiary/aromatic N) is 1. The Bertz CT molecular complexity index is 574. The lowest BCUT2D eigenvalue weighted by atomic mass is 10.3. The molecule has 0 aliphatic rings. The van der Waals surface area contributed by atoms with Crippen LogP contribution in [0.25, 0.3) is 0 Å². The molecule has 1 atom stereocenters. The van der Waals surface area contributed by atoms with Crippen LogP contribution in [0.4, 0.5) is 5.69 Å². The maximum atomic E-state index is 12.1. The van der Waals surface area contributed by atoms with Gasteiger partial charge in [0.25, 0.3) is 5.69 Å². The van der Waals surface area contributed by atoms with Gasteiger partial charge in [0.1, 0.15) is 0 Å². The van der Waals surface area contributed by atoms with Crippen LogP contribution in [0.2, 0.25) is 0 Å². The topological polar surface area (TPSA) is 122 Å². The van der Waals surface area contributed by atoms with Crippen molar-refractivity contribution in [2.75, 3.05) is 19.7 Å². The second-order valence-electron chi connectivity index (χ2n) is 4.91. The maximum Gasteiger partial charge on any atom is 0.269 e. The molecule has 9 heteroatoms. The molecule has 0 amide bonds. The minimum atomic E-state index is -3.70. The Kier molecular flexibility index (Phi) is 7.39. The summed E-state index contributed by atoms with van der Waals surface area (Å²) in [5.41, 5.74) is -0.155. The summed E-state index contributed by atoms with van der Waals surface area (Å²) < 4.78 is 26.7. The summed E-state index contributed by atoms with van der Waals surface area (Å²) in [5, 5.41) is 22.3. The third kappa shape index (κ3) is 6.06. The van der Waals surface area contributed by atoms with Crippen LogP contribution in [0.15, 0.2) is 29.2 Å². The van der Waals surface area contributed by atoms with E-state index < -0.39 is 14.9 Å². The van der Waals surface area contributed by atoms with Crippen molar-refractivity contribution >= 4 is 15.7 Å². The SMILES string of the molecule is C[C@H](CNCCCCO)NS(=O)(=O)c1ccc([N+](=O)[O-])cc1. The van der Waals surface area contributed by atoms with Gasteiger partial charge in [0, 0.05) is 31.3 Å². The second-order valence-corrected chi connectivity index (χ2v) is 6.62. The van der Waals surface area contributed by atoms with Crippen molar-refractivity contribution in [1.29, 1.82) is 0 Å². The standard InChI is InChI=1S/C13H21N3O5S/c1-11(10-14-8-2-3-9-17)15-22(20,21)13-6-4-12(5-7-13)16(18)19/h4-7,11,14-15,17H,2-3,8-10H2,1H3/t11-/m1/s1. The maximum absolute atomic E-state index is 12.1. The Morgan fingerprint density at radius 1 is 1.27 bits per heavy atom. The molecule has 0 aliphatic carbocycles. The van der Waals surface area contributed by atoms with Gasteiger partial charge in [0.15, 0.2) is 0 Å². The van der Waals surface area contributed by atoms with E-state index in [2.05, 4.69) is 10.0 Å². The smallest absolute Gasteiger partial charge is 0.269 e. The van der Waals surface area contributed by atoms with Gasteiger partial charge < -0.3 is 10.4 Å². The molecule has 3 N–H and O–H groups in total. The molecule has 0 unspecified atom stereocenters. The number of benzene rings is 1. The summed E-state index contributed by atoms with van der Waals surface area (Å²) in [6.07, 6.45) is 1.52. The predicted octanol–water partition coefficient (Wildman–Crippen LogP) is 0.624. The Morgan fingerprint density at radius 3 is 2.45 bits per heavy atom. The van der Waals surface area contributed by atoms with E-state index in [0.717, 1.165) is 18.6 Å². The number of sulfonamides is 1. The molecule has 0 bridgehead atoms. The third-order valence-corrected chi connectivity index (χ3v) is 4.53. The lowest BCUT2D eigenvalue weighted by Crippen LogP contribution is -2.40. The van der Waals surface area contributed by atoms with E-state index >= 15 is 0 Å². The number of rotatable bonds is 10. The molecule has 0 spiro atoms. The molecule has 0 saturated carbocycles. The van der Waals surface area contributed by atoms with Gasteiger partial charge in [-0.2, -0.15) is 0 Å². The number of hydrogen-bond acceptors (Lipinski definition) is 6. The van der Waals surface area contributed by atoms with Crippen LogP contribution in [0, 0.1) is 10.1 Å². The van der Waals surface area contributed by atoms with Gasteiger partial charge in [-0.25, -0.2) is 13.1 Å². The number of nitro benzene ring substituents is 1. The normalized spacial score (nSPS) is 13.0. The number of unbranched alkanes of at least 4 members (excludes halogenated alkanes) is 1. The van der Waals surface area contributed by atoms with Crippen LogP contribution < -0.4 is 10.0 Å². The summed E-state index contributed by atoms with van der Waals surface area (Å²) in [6, 6.07) is 4.41. The average Bonchev–Trinajstić information content (AvgIpc) is 2.46. The lowest BCUT2D eigenvalue weighted by Gasteiger charge is -2.15. The zero-order valence-corrected chi connectivity index (χ0v) is 13.2. The van der Waals surface area contributed by atoms with E-state index in [9.17, 15) is 18.5 Å². The molecule has 0 saturated heterocycles. The fourth-order valence-corrected chi connectivity index (χ4v) is 3.05. The van der Waals surface area contributed by atoms with E-state index in [0.29, 0.717) is 19.5 Å². The van der Waals surface area contributed by atoms with Crippen LogP contribution in [0.1, 0.15) is 19.8 Å². The molecular formula is C13H21N3O5S. The number of hydrogen-bond donors (Lipinski definition) is 3. The quantitative estimate of drug-likeness (QED) is 0.328. The molecular weight excluding hydrogens is 310 g/mol. The Hall–Kier alpha value is -1.55. The highest BCUT2D eigenvalue weighted by Crippen LogP contribution is 2.15. The first-order chi connectivity index (χ1) is 10.4. The van der Waals surface area contributed by atoms with Crippen molar-refractivity contribution in [3.8, 4) is 0 Å². The first-order valence-corrected chi connectivity index (χ1v) is 8.43. The summed E-state index contributed by atoms with van der Waals surface area (Å²) in [4.78, 5) is 9.96. The zero-order chi connectivity index (χ0) is 16.6. The van der Waals surface area contributed by atoms with Gasteiger partial charge in [-0.3, -0.25) is 10.1 Å². The van der Waals surface area contributed by atoms with Gasteiger partial charge in [-0.05, 0) is 38.4 Å². The fourth-order valence-electron chi connectivity index (χ4n) is 1.80. The van der Waals surface area contributed by atoms with Gasteiger partial charge in [0.05, 0.1) is 9.82 Å². The van der Waals surface area contributed by atoms with Crippen LogP contribution in [0.3, 0.4) is 0 Å². The Morgan fingerprint density at radius 2 is 1.91 bits per heavy atom. The molecule has 0 aromatic heterocycles. The summed E-state index contributed by atoms with van der Waals surface area (Å²) in [5.74, 6) is 0. The summed E-state index contributed by atoms with van der Waals surface area (Å²) >= 11 is 0. The third-order valence-electron chi connectivity index (χ3n) is 2.93. The molecule has 1 rings (SSSR count). The largest absolute Gasteiger partial charge is 0.396 e. The first-order valence-electron chi connectivity index (χ1n) is 6.95. The van der Waals surface area contributed by atoms with Crippen molar-refractivity contribution < 1.29 is 18.4 Å². The molecule has 22 heavy (non-hydrogen) atoms. The van der Waals surface area contributed by atoms with Crippen LogP contribution in [-0.2, 0) is 10.0 Å². The van der Waals surface area contributed by atoms with Crippen LogP contribution >= 0.6 is 0 Å². The fraction of sp³-hybridized carbons (Fsp3) is 0.538. The average molecular weight is 331 g/mol. The monoisotopic (exact) mass is 331 g/mol. The molecule has 0 aliphatic heterocycles. The van der Waals surface area contributed by atoms with E-state index in [-0.39, 0.29) is 23.2 Å². The number of non-ortho nitro benzene ring substituents is 1. The van der Waals surface area contributed by atoms with Crippen molar-refractivity contribution in [2.45, 2.75) is 30.7 Å². The van der Waals surface area contributed by atoms with E-state index in [1.54, 1.807) is 6.92 Å². The minimum absolute atomic E-state index is 0.00905. The lowest BCUT2D eigenvalue weighted by molar-refractivity contribution is -0.384. The van der Waals surface area contributed by atoms with E-state index in [4.69, 9.17) is 5.11 Å². The highest BCUT2D eigenvalue weighted by Gasteiger charge is 2.18. The van der Waals surface area contributed by atoms with Gasteiger partial charge in [-0.1, -0.05) is 0 Å². The van der Waals surface area contributed by atoms with E-state index in [1.165, 1.54) is 12.1 Å². The molecule has 1 aromatic rings. The number of nitro groups is 1. The number of nitrogens with one attached hydrogen (secondary N) is 2. The predicted molar refractivity (Wildman–Crippen MR) is 82.1 cm³/mol. The molecule has 0 fully saturated rings. The van der Waals surface area contributed by atoms with Gasteiger partial charge in [0.2, 0.25) is 10.0 Å². The molecule has 124 valence electrons. The molecule has 0 radical (unpaired) electrons. The summed E-state index contributed by atoms with van der Waals surface area (Å²) in [7, 11) is -3.70. The highest BCUT2D eigenvalue weighted by molar-refractivity contribution is 7.89. The van der Waals surface area contributed by atoms with Crippen molar-refractivity contribution in [3.05, 3.63) is 34.4 Å².